The zero-order chi connectivity index (χ0) is 13.8. The highest BCUT2D eigenvalue weighted by atomic mass is 35.5. The minimum Gasteiger partial charge on any atom is -0.309 e. The lowest BCUT2D eigenvalue weighted by Gasteiger charge is -2.17. The fourth-order valence-electron chi connectivity index (χ4n) is 1.96. The van der Waals surface area contributed by atoms with Gasteiger partial charge in [0.05, 0.1) is 10.0 Å². The van der Waals surface area contributed by atoms with E-state index in [-0.39, 0.29) is 16.9 Å². The average molecular weight is 318 g/mol. The van der Waals surface area contributed by atoms with E-state index >= 15 is 0 Å². The molecule has 0 saturated carbocycles. The second-order valence-corrected chi connectivity index (χ2v) is 5.96. The number of halogens is 3. The molecule has 0 amide bonds. The van der Waals surface area contributed by atoms with Crippen molar-refractivity contribution in [1.29, 1.82) is 0 Å². The molecule has 2 aromatic rings. The second kappa shape index (κ2) is 6.71. The normalized spacial score (nSPS) is 12.6. The largest absolute Gasteiger partial charge is 0.309 e. The summed E-state index contributed by atoms with van der Waals surface area (Å²) in [6, 6.07) is 6.84. The maximum atomic E-state index is 13.2. The van der Waals surface area contributed by atoms with Gasteiger partial charge in [-0.2, -0.15) is 0 Å². The molecule has 1 unspecified atom stereocenters. The number of nitrogens with one attached hydrogen (secondary N) is 1. The Kier molecular flexibility index (Phi) is 5.22. The van der Waals surface area contributed by atoms with E-state index in [9.17, 15) is 4.39 Å². The molecule has 0 fully saturated rings. The Balaban J connectivity index is 2.21. The van der Waals surface area contributed by atoms with Gasteiger partial charge in [0, 0.05) is 10.9 Å². The third-order valence-electron chi connectivity index (χ3n) is 2.84. The fraction of sp³-hybridized carbons (Fsp3) is 0.286. The quantitative estimate of drug-likeness (QED) is 0.810. The Labute approximate surface area is 126 Å². The maximum absolute atomic E-state index is 13.2. The van der Waals surface area contributed by atoms with Gasteiger partial charge in [-0.15, -0.1) is 11.3 Å². The van der Waals surface area contributed by atoms with Crippen LogP contribution in [0.3, 0.4) is 0 Å². The first kappa shape index (κ1) is 14.8. The van der Waals surface area contributed by atoms with E-state index < -0.39 is 0 Å². The predicted octanol–water partition coefficient (Wildman–Crippen LogP) is 5.09. The third kappa shape index (κ3) is 3.69. The predicted molar refractivity (Wildman–Crippen MR) is 80.9 cm³/mol. The van der Waals surface area contributed by atoms with Crippen LogP contribution in [0.2, 0.25) is 10.0 Å². The van der Waals surface area contributed by atoms with Gasteiger partial charge in [-0.3, -0.25) is 0 Å². The highest BCUT2D eigenvalue weighted by Gasteiger charge is 2.16. The fourth-order valence-corrected chi connectivity index (χ4v) is 3.43. The van der Waals surface area contributed by atoms with E-state index in [0.29, 0.717) is 0 Å². The van der Waals surface area contributed by atoms with Crippen molar-refractivity contribution in [3.63, 3.8) is 0 Å². The van der Waals surface area contributed by atoms with E-state index in [1.165, 1.54) is 6.07 Å². The van der Waals surface area contributed by atoms with Crippen LogP contribution < -0.4 is 5.32 Å². The molecule has 0 radical (unpaired) electrons. The molecule has 0 aliphatic rings. The number of likely N-dealkylation sites (N-methyl/N-ethyl adjacent to an activating group) is 1. The van der Waals surface area contributed by atoms with Gasteiger partial charge in [-0.05, 0) is 42.1 Å². The number of hydrogen-bond acceptors (Lipinski definition) is 2. The number of hydrogen-bond donors (Lipinski definition) is 1. The molecule has 2 rings (SSSR count). The summed E-state index contributed by atoms with van der Waals surface area (Å²) in [4.78, 5) is 1.10. The monoisotopic (exact) mass is 317 g/mol. The molecule has 1 atom stereocenters. The van der Waals surface area contributed by atoms with E-state index in [1.807, 2.05) is 18.4 Å². The van der Waals surface area contributed by atoms with Gasteiger partial charge in [0.15, 0.2) is 0 Å². The number of rotatable bonds is 5. The summed E-state index contributed by atoms with van der Waals surface area (Å²) in [5, 5.41) is 6.29. The van der Waals surface area contributed by atoms with Crippen LogP contribution in [0.1, 0.15) is 23.4 Å². The van der Waals surface area contributed by atoms with Crippen molar-refractivity contribution >= 4 is 34.5 Å². The molecule has 0 bridgehead atoms. The lowest BCUT2D eigenvalue weighted by Crippen LogP contribution is -2.22. The van der Waals surface area contributed by atoms with E-state index in [2.05, 4.69) is 5.32 Å². The van der Waals surface area contributed by atoms with Gasteiger partial charge in [0.2, 0.25) is 0 Å². The summed E-state index contributed by atoms with van der Waals surface area (Å²) in [5.41, 5.74) is 0.988. The molecule has 0 aliphatic carbocycles. The summed E-state index contributed by atoms with van der Waals surface area (Å²) < 4.78 is 13.2. The summed E-state index contributed by atoms with van der Waals surface area (Å²) in [6.07, 6.45) is 0.730. The molecule has 0 saturated heterocycles. The van der Waals surface area contributed by atoms with Crippen LogP contribution >= 0.6 is 34.5 Å². The van der Waals surface area contributed by atoms with E-state index in [4.69, 9.17) is 23.2 Å². The minimum atomic E-state index is -0.389. The van der Waals surface area contributed by atoms with Crippen LogP contribution in [0.4, 0.5) is 4.39 Å². The Bertz CT molecular complexity index is 556. The number of thiophene rings is 1. The highest BCUT2D eigenvalue weighted by molar-refractivity contribution is 7.10. The Hall–Kier alpha value is -0.610. The van der Waals surface area contributed by atoms with Crippen molar-refractivity contribution in [3.8, 4) is 0 Å². The molecule has 19 heavy (non-hydrogen) atoms. The van der Waals surface area contributed by atoms with Crippen LogP contribution in [0.5, 0.6) is 0 Å². The van der Waals surface area contributed by atoms with Crippen molar-refractivity contribution in [2.75, 3.05) is 6.54 Å². The van der Waals surface area contributed by atoms with Gasteiger partial charge >= 0.3 is 0 Å². The van der Waals surface area contributed by atoms with Gasteiger partial charge in [0.1, 0.15) is 5.82 Å². The molecule has 1 heterocycles. The third-order valence-corrected chi connectivity index (χ3v) is 4.60. The molecule has 0 aliphatic heterocycles. The molecular formula is C14H14Cl2FNS. The van der Waals surface area contributed by atoms with Gasteiger partial charge < -0.3 is 5.32 Å². The van der Waals surface area contributed by atoms with Crippen molar-refractivity contribution in [3.05, 3.63) is 55.9 Å². The molecular weight excluding hydrogens is 304 g/mol. The Morgan fingerprint density at radius 2 is 2.05 bits per heavy atom. The highest BCUT2D eigenvalue weighted by Crippen LogP contribution is 2.31. The summed E-state index contributed by atoms with van der Waals surface area (Å²) in [5.74, 6) is -0.389. The molecule has 1 N–H and O–H groups in total. The summed E-state index contributed by atoms with van der Waals surface area (Å²) >= 11 is 13.6. The first-order valence-electron chi connectivity index (χ1n) is 6.02. The average Bonchev–Trinajstić information content (AvgIpc) is 2.79. The first-order valence-corrected chi connectivity index (χ1v) is 7.65. The lowest BCUT2D eigenvalue weighted by atomic mass is 10.0. The van der Waals surface area contributed by atoms with Crippen molar-refractivity contribution < 1.29 is 4.39 Å². The zero-order valence-corrected chi connectivity index (χ0v) is 12.7. The molecule has 102 valence electrons. The van der Waals surface area contributed by atoms with Gasteiger partial charge in [0.25, 0.3) is 0 Å². The topological polar surface area (TPSA) is 12.0 Å². The molecule has 0 spiro atoms. The van der Waals surface area contributed by atoms with Crippen LogP contribution in [0.15, 0.2) is 29.6 Å². The summed E-state index contributed by atoms with van der Waals surface area (Å²) in [6.45, 7) is 2.89. The van der Waals surface area contributed by atoms with Crippen molar-refractivity contribution in [1.82, 2.24) is 5.32 Å². The van der Waals surface area contributed by atoms with Crippen LogP contribution in [-0.4, -0.2) is 6.54 Å². The Morgan fingerprint density at radius 1 is 1.26 bits per heavy atom. The lowest BCUT2D eigenvalue weighted by molar-refractivity contribution is 0.557. The van der Waals surface area contributed by atoms with Crippen LogP contribution in [0.25, 0.3) is 0 Å². The standard InChI is InChI=1S/C14H14Cl2FNS/c1-2-18-13(14-10(15)5-6-19-14)8-9-3-4-12(17)11(16)7-9/h3-7,13,18H,2,8H2,1H3. The SMILES string of the molecule is CCNC(Cc1ccc(F)c(Cl)c1)c1sccc1Cl. The molecule has 1 nitrogen and oxygen atoms in total. The molecule has 1 aromatic heterocycles. The summed E-state index contributed by atoms with van der Waals surface area (Å²) in [7, 11) is 0. The number of benzene rings is 1. The minimum absolute atomic E-state index is 0.124. The van der Waals surface area contributed by atoms with Gasteiger partial charge in [-0.1, -0.05) is 36.2 Å². The Morgan fingerprint density at radius 3 is 2.63 bits per heavy atom. The molecule has 5 heteroatoms. The van der Waals surface area contributed by atoms with E-state index in [1.54, 1.807) is 23.5 Å². The van der Waals surface area contributed by atoms with E-state index in [0.717, 1.165) is 28.4 Å². The van der Waals surface area contributed by atoms with Gasteiger partial charge in [-0.25, -0.2) is 4.39 Å². The van der Waals surface area contributed by atoms with Crippen molar-refractivity contribution in [2.24, 2.45) is 0 Å². The molecule has 1 aromatic carbocycles. The van der Waals surface area contributed by atoms with Crippen LogP contribution in [-0.2, 0) is 6.42 Å². The van der Waals surface area contributed by atoms with Crippen molar-refractivity contribution in [2.45, 2.75) is 19.4 Å². The van der Waals surface area contributed by atoms with Crippen LogP contribution in [0, 0.1) is 5.82 Å². The first-order chi connectivity index (χ1) is 9.11. The smallest absolute Gasteiger partial charge is 0.141 e. The second-order valence-electron chi connectivity index (χ2n) is 4.20. The maximum Gasteiger partial charge on any atom is 0.141 e. The zero-order valence-electron chi connectivity index (χ0n) is 10.4.